The fourth-order valence-electron chi connectivity index (χ4n) is 3.29. The lowest BCUT2D eigenvalue weighted by Gasteiger charge is -2.17. The number of rotatable bonds is 6. The molecule has 0 bridgehead atoms. The van der Waals surface area contributed by atoms with Crippen LogP contribution in [0.5, 0.6) is 0 Å². The molecule has 1 fully saturated rings. The predicted octanol–water partition coefficient (Wildman–Crippen LogP) is 1.86. The van der Waals surface area contributed by atoms with Crippen molar-refractivity contribution in [2.24, 2.45) is 5.41 Å². The van der Waals surface area contributed by atoms with Crippen LogP contribution in [0.1, 0.15) is 34.6 Å². The lowest BCUT2D eigenvalue weighted by atomic mass is 10.1. The highest BCUT2D eigenvalue weighted by Gasteiger charge is 2.43. The summed E-state index contributed by atoms with van der Waals surface area (Å²) in [4.78, 5) is 35.7. The van der Waals surface area contributed by atoms with Crippen molar-refractivity contribution in [3.63, 3.8) is 0 Å². The smallest absolute Gasteiger partial charge is 0.264 e. The third-order valence-corrected chi connectivity index (χ3v) is 5.15. The quantitative estimate of drug-likeness (QED) is 0.681. The number of aromatic nitrogens is 5. The number of carbonyl (C=O) groups is 1. The van der Waals surface area contributed by atoms with Crippen LogP contribution in [0.4, 0.5) is 0 Å². The Balaban J connectivity index is 1.43. The maximum Gasteiger partial charge on any atom is 0.264 e. The monoisotopic (exact) mass is 378 g/mol. The lowest BCUT2D eigenvalue weighted by molar-refractivity contribution is 0.0940. The minimum absolute atomic E-state index is 0.00865. The van der Waals surface area contributed by atoms with Gasteiger partial charge in [-0.05, 0) is 44.9 Å². The first-order valence-electron chi connectivity index (χ1n) is 9.25. The average Bonchev–Trinajstić information content (AvgIpc) is 3.38. The second-order valence-electron chi connectivity index (χ2n) is 7.48. The Morgan fingerprint density at radius 1 is 1.32 bits per heavy atom. The summed E-state index contributed by atoms with van der Waals surface area (Å²) in [5.41, 5.74) is 2.34. The summed E-state index contributed by atoms with van der Waals surface area (Å²) in [5, 5.41) is 7.40. The Kier molecular flexibility index (Phi) is 4.54. The highest BCUT2D eigenvalue weighted by atomic mass is 16.2. The molecule has 0 atom stereocenters. The van der Waals surface area contributed by atoms with Gasteiger partial charge in [0.1, 0.15) is 11.4 Å². The minimum atomic E-state index is -0.463. The molecule has 0 radical (unpaired) electrons. The van der Waals surface area contributed by atoms with Crippen LogP contribution in [0.2, 0.25) is 0 Å². The number of pyridine rings is 1. The van der Waals surface area contributed by atoms with Crippen LogP contribution >= 0.6 is 0 Å². The lowest BCUT2D eigenvalue weighted by Crippen LogP contribution is -2.35. The maximum absolute atomic E-state index is 12.5. The molecule has 0 saturated heterocycles. The van der Waals surface area contributed by atoms with Gasteiger partial charge in [0.05, 0.1) is 5.69 Å². The highest BCUT2D eigenvalue weighted by Crippen LogP contribution is 2.46. The van der Waals surface area contributed by atoms with Crippen molar-refractivity contribution in [2.45, 2.75) is 33.2 Å². The fraction of sp³-hybridized carbons (Fsp3) is 0.350. The van der Waals surface area contributed by atoms with Gasteiger partial charge in [0.2, 0.25) is 0 Å². The third kappa shape index (κ3) is 3.71. The zero-order valence-corrected chi connectivity index (χ0v) is 15.9. The number of hydrogen-bond donors (Lipinski definition) is 2. The first kappa shape index (κ1) is 18.1. The zero-order valence-electron chi connectivity index (χ0n) is 15.9. The summed E-state index contributed by atoms with van der Waals surface area (Å²) >= 11 is 0. The molecule has 3 aromatic heterocycles. The van der Waals surface area contributed by atoms with E-state index >= 15 is 0 Å². The van der Waals surface area contributed by atoms with Crippen LogP contribution in [0, 0.1) is 19.3 Å². The van der Waals surface area contributed by atoms with E-state index in [1.165, 1.54) is 6.20 Å². The van der Waals surface area contributed by atoms with Gasteiger partial charge in [0.25, 0.3) is 11.5 Å². The summed E-state index contributed by atoms with van der Waals surface area (Å²) in [5.74, 6) is -0.0241. The van der Waals surface area contributed by atoms with Crippen LogP contribution in [-0.4, -0.2) is 37.2 Å². The topological polar surface area (TPSA) is 106 Å². The summed E-state index contributed by atoms with van der Waals surface area (Å²) in [7, 11) is 0. The van der Waals surface area contributed by atoms with Crippen molar-refractivity contribution in [2.75, 3.05) is 6.54 Å². The van der Waals surface area contributed by atoms with Gasteiger partial charge in [-0.1, -0.05) is 0 Å². The molecule has 2 N–H and O–H groups in total. The van der Waals surface area contributed by atoms with E-state index in [-0.39, 0.29) is 11.0 Å². The number of hydrogen-bond acceptors (Lipinski definition) is 5. The number of aromatic amines is 1. The third-order valence-electron chi connectivity index (χ3n) is 5.15. The van der Waals surface area contributed by atoms with Crippen LogP contribution in [-0.2, 0) is 6.54 Å². The molecule has 3 heterocycles. The SMILES string of the molecule is Cc1cc(C)n(CC2(CNC(=O)c3cnc(-c4cccnc4)[nH]c3=O)CC2)n1. The number of aryl methyl sites for hydroxylation is 2. The molecule has 0 spiro atoms. The molecule has 0 unspecified atom stereocenters. The fourth-order valence-corrected chi connectivity index (χ4v) is 3.29. The predicted molar refractivity (Wildman–Crippen MR) is 104 cm³/mol. The van der Waals surface area contributed by atoms with Gasteiger partial charge in [-0.3, -0.25) is 19.3 Å². The zero-order chi connectivity index (χ0) is 19.7. The molecule has 3 aromatic rings. The van der Waals surface area contributed by atoms with Gasteiger partial charge in [0.15, 0.2) is 0 Å². The first-order valence-corrected chi connectivity index (χ1v) is 9.25. The van der Waals surface area contributed by atoms with Crippen molar-refractivity contribution in [3.05, 3.63) is 64.1 Å². The molecule has 1 saturated carbocycles. The van der Waals surface area contributed by atoms with Gasteiger partial charge in [-0.15, -0.1) is 0 Å². The van der Waals surface area contributed by atoms with Gasteiger partial charge in [-0.2, -0.15) is 5.10 Å². The van der Waals surface area contributed by atoms with E-state index in [2.05, 4.69) is 25.4 Å². The summed E-state index contributed by atoms with van der Waals surface area (Å²) in [6, 6.07) is 5.60. The molecule has 8 nitrogen and oxygen atoms in total. The van der Waals surface area contributed by atoms with Crippen molar-refractivity contribution in [3.8, 4) is 11.4 Å². The van der Waals surface area contributed by atoms with Crippen molar-refractivity contribution < 1.29 is 4.79 Å². The normalized spacial score (nSPS) is 14.6. The molecule has 1 amide bonds. The van der Waals surface area contributed by atoms with Crippen molar-refractivity contribution in [1.82, 2.24) is 30.0 Å². The Bertz CT molecular complexity index is 1070. The average molecular weight is 378 g/mol. The van der Waals surface area contributed by atoms with Crippen molar-refractivity contribution >= 4 is 5.91 Å². The van der Waals surface area contributed by atoms with Crippen LogP contribution in [0.25, 0.3) is 11.4 Å². The van der Waals surface area contributed by atoms with Crippen molar-refractivity contribution in [1.29, 1.82) is 0 Å². The van der Waals surface area contributed by atoms with E-state index in [1.54, 1.807) is 24.5 Å². The number of amides is 1. The first-order chi connectivity index (χ1) is 13.5. The second-order valence-corrected chi connectivity index (χ2v) is 7.48. The van der Waals surface area contributed by atoms with E-state index in [0.29, 0.717) is 17.9 Å². The number of H-pyrrole nitrogens is 1. The van der Waals surface area contributed by atoms with E-state index < -0.39 is 11.5 Å². The molecular weight excluding hydrogens is 356 g/mol. The highest BCUT2D eigenvalue weighted by molar-refractivity contribution is 5.93. The molecule has 0 aliphatic heterocycles. The standard InChI is InChI=1S/C20H22N6O2/c1-13-8-14(2)26(25-13)12-20(5-6-20)11-23-18(27)16-10-22-17(24-19(16)28)15-4-3-7-21-9-15/h3-4,7-10H,5-6,11-12H2,1-2H3,(H,23,27)(H,22,24,28). The summed E-state index contributed by atoms with van der Waals surface area (Å²) < 4.78 is 1.99. The molecule has 144 valence electrons. The second kappa shape index (κ2) is 7.03. The van der Waals surface area contributed by atoms with Crippen LogP contribution in [0.3, 0.4) is 0 Å². The Morgan fingerprint density at radius 2 is 2.14 bits per heavy atom. The van der Waals surface area contributed by atoms with E-state index in [4.69, 9.17) is 0 Å². The van der Waals surface area contributed by atoms with E-state index in [0.717, 1.165) is 30.8 Å². The molecule has 4 rings (SSSR count). The Hall–Kier alpha value is -3.29. The molecule has 1 aliphatic rings. The Labute approximate surface area is 162 Å². The Morgan fingerprint density at radius 3 is 2.75 bits per heavy atom. The van der Waals surface area contributed by atoms with Gasteiger partial charge in [0, 0.05) is 48.4 Å². The van der Waals surface area contributed by atoms with Gasteiger partial charge < -0.3 is 10.3 Å². The van der Waals surface area contributed by atoms with E-state index in [1.807, 2.05) is 24.6 Å². The van der Waals surface area contributed by atoms with Crippen LogP contribution < -0.4 is 10.9 Å². The molecule has 1 aliphatic carbocycles. The molecule has 0 aromatic carbocycles. The maximum atomic E-state index is 12.5. The number of nitrogens with zero attached hydrogens (tertiary/aromatic N) is 4. The summed E-state index contributed by atoms with van der Waals surface area (Å²) in [6.45, 7) is 5.28. The van der Waals surface area contributed by atoms with E-state index in [9.17, 15) is 9.59 Å². The number of nitrogens with one attached hydrogen (secondary N) is 2. The minimum Gasteiger partial charge on any atom is -0.351 e. The number of carbonyl (C=O) groups excluding carboxylic acids is 1. The largest absolute Gasteiger partial charge is 0.351 e. The summed E-state index contributed by atoms with van der Waals surface area (Å²) in [6.07, 6.45) is 6.62. The van der Waals surface area contributed by atoms with Gasteiger partial charge >= 0.3 is 0 Å². The van der Waals surface area contributed by atoms with Gasteiger partial charge in [-0.25, -0.2) is 4.98 Å². The molecule has 28 heavy (non-hydrogen) atoms. The molecular formula is C20H22N6O2. The van der Waals surface area contributed by atoms with Crippen LogP contribution in [0.15, 0.2) is 41.6 Å². The molecule has 8 heteroatoms.